The van der Waals surface area contributed by atoms with Gasteiger partial charge in [-0.2, -0.15) is 0 Å². The summed E-state index contributed by atoms with van der Waals surface area (Å²) in [6, 6.07) is 71.9. The van der Waals surface area contributed by atoms with E-state index in [-0.39, 0.29) is 16.2 Å². The Morgan fingerprint density at radius 3 is 1.35 bits per heavy atom. The summed E-state index contributed by atoms with van der Waals surface area (Å²) in [4.78, 5) is 9.98. The Hall–Kier alpha value is -7.49. The van der Waals surface area contributed by atoms with E-state index in [9.17, 15) is 0 Å². The van der Waals surface area contributed by atoms with Crippen molar-refractivity contribution in [3.05, 3.63) is 234 Å². The largest absolute Gasteiger partial charge is 0.310 e. The van der Waals surface area contributed by atoms with Crippen molar-refractivity contribution in [2.45, 2.75) is 57.8 Å². The summed E-state index contributed by atoms with van der Waals surface area (Å²) in [7, 11) is 0. The standard InChI is InChI=1S/C62H51N3/c1-60(2)51-23-15-13-21-47(51)49-30-26-43(36-53(49)60)64(44-27-31-50-48-22-14-16-24-52(48)61(3,4)54(50)37-44)45-29-34-59-56(38-45)62(5,6)55-35-42(40-17-9-7-10-18-40)25-33-58(55)65(59)46-28-32-57(63-39-46)41-19-11-8-12-20-41/h7-39H,1-6H3. The van der Waals surface area contributed by atoms with Crippen molar-refractivity contribution >= 4 is 34.1 Å². The molecule has 65 heavy (non-hydrogen) atoms. The van der Waals surface area contributed by atoms with E-state index in [4.69, 9.17) is 4.98 Å². The van der Waals surface area contributed by atoms with E-state index in [2.05, 4.69) is 245 Å². The molecule has 0 unspecified atom stereocenters. The van der Waals surface area contributed by atoms with E-state index in [1.807, 2.05) is 6.20 Å². The molecule has 0 amide bonds. The minimum absolute atomic E-state index is 0.141. The lowest BCUT2D eigenvalue weighted by Crippen LogP contribution is -2.31. The number of hydrogen-bond acceptors (Lipinski definition) is 3. The highest BCUT2D eigenvalue weighted by molar-refractivity contribution is 5.92. The summed E-state index contributed by atoms with van der Waals surface area (Å²) in [5, 5.41) is 0. The molecule has 2 heterocycles. The van der Waals surface area contributed by atoms with Crippen LogP contribution in [0.3, 0.4) is 0 Å². The smallest absolute Gasteiger partial charge is 0.0703 e. The Morgan fingerprint density at radius 1 is 0.354 bits per heavy atom. The van der Waals surface area contributed by atoms with Gasteiger partial charge in [0, 0.05) is 38.9 Å². The molecule has 314 valence electrons. The lowest BCUT2D eigenvalue weighted by Gasteiger charge is -2.43. The Bertz CT molecular complexity index is 3230. The van der Waals surface area contributed by atoms with E-state index < -0.39 is 0 Å². The molecule has 9 aromatic rings. The molecule has 0 saturated heterocycles. The summed E-state index contributed by atoms with van der Waals surface area (Å²) in [6.07, 6.45) is 2.04. The Kier molecular flexibility index (Phi) is 8.58. The van der Waals surface area contributed by atoms with Gasteiger partial charge in [0.05, 0.1) is 29.0 Å². The number of rotatable bonds is 6. The molecule has 0 fully saturated rings. The third kappa shape index (κ3) is 5.91. The molecule has 1 aromatic heterocycles. The van der Waals surface area contributed by atoms with E-state index >= 15 is 0 Å². The van der Waals surface area contributed by atoms with Gasteiger partial charge < -0.3 is 9.80 Å². The van der Waals surface area contributed by atoms with Crippen LogP contribution in [-0.2, 0) is 16.2 Å². The number of benzene rings is 8. The molecular weight excluding hydrogens is 787 g/mol. The Balaban J connectivity index is 1.06. The zero-order valence-corrected chi connectivity index (χ0v) is 37.9. The number of anilines is 6. The fraction of sp³-hybridized carbons (Fsp3) is 0.145. The second kappa shape index (κ2) is 14.3. The first-order valence-electron chi connectivity index (χ1n) is 23.0. The molecule has 1 aliphatic heterocycles. The highest BCUT2D eigenvalue weighted by Gasteiger charge is 2.40. The number of pyridine rings is 1. The minimum Gasteiger partial charge on any atom is -0.310 e. The van der Waals surface area contributed by atoms with Gasteiger partial charge in [-0.05, 0) is 133 Å². The number of aromatic nitrogens is 1. The normalized spacial score (nSPS) is 15.3. The minimum atomic E-state index is -0.353. The summed E-state index contributed by atoms with van der Waals surface area (Å²) >= 11 is 0. The maximum absolute atomic E-state index is 5.06. The zero-order valence-electron chi connectivity index (χ0n) is 37.9. The fourth-order valence-electron chi connectivity index (χ4n) is 11.4. The van der Waals surface area contributed by atoms with Crippen LogP contribution in [0.5, 0.6) is 0 Å². The second-order valence-electron chi connectivity index (χ2n) is 19.7. The van der Waals surface area contributed by atoms with Crippen LogP contribution in [0.4, 0.5) is 34.1 Å². The van der Waals surface area contributed by atoms with Crippen LogP contribution < -0.4 is 9.80 Å². The molecule has 0 saturated carbocycles. The van der Waals surface area contributed by atoms with Crippen LogP contribution in [0.1, 0.15) is 74.9 Å². The Labute approximate surface area is 383 Å². The third-order valence-corrected chi connectivity index (χ3v) is 14.9. The van der Waals surface area contributed by atoms with E-state index in [0.29, 0.717) is 0 Å². The quantitative estimate of drug-likeness (QED) is 0.166. The Morgan fingerprint density at radius 2 is 0.800 bits per heavy atom. The van der Waals surface area contributed by atoms with Crippen LogP contribution >= 0.6 is 0 Å². The number of nitrogens with zero attached hydrogens (tertiary/aromatic N) is 3. The molecule has 0 radical (unpaired) electrons. The highest BCUT2D eigenvalue weighted by atomic mass is 15.2. The van der Waals surface area contributed by atoms with Gasteiger partial charge in [0.2, 0.25) is 0 Å². The summed E-state index contributed by atoms with van der Waals surface area (Å²) in [5.74, 6) is 0. The molecule has 2 aliphatic carbocycles. The van der Waals surface area contributed by atoms with Gasteiger partial charge >= 0.3 is 0 Å². The summed E-state index contributed by atoms with van der Waals surface area (Å²) in [6.45, 7) is 14.3. The molecule has 0 atom stereocenters. The maximum atomic E-state index is 5.06. The highest BCUT2D eigenvalue weighted by Crippen LogP contribution is 2.56. The van der Waals surface area contributed by atoms with Gasteiger partial charge in [-0.1, -0.05) is 169 Å². The van der Waals surface area contributed by atoms with Crippen molar-refractivity contribution in [2.75, 3.05) is 9.80 Å². The molecular formula is C62H51N3. The van der Waals surface area contributed by atoms with Crippen molar-refractivity contribution in [2.24, 2.45) is 0 Å². The molecule has 3 heteroatoms. The van der Waals surface area contributed by atoms with Gasteiger partial charge in [0.1, 0.15) is 0 Å². The van der Waals surface area contributed by atoms with Crippen LogP contribution in [0.15, 0.2) is 200 Å². The summed E-state index contributed by atoms with van der Waals surface area (Å²) in [5.41, 5.74) is 23.9. The molecule has 0 spiro atoms. The van der Waals surface area contributed by atoms with E-state index in [1.54, 1.807) is 0 Å². The number of fused-ring (bicyclic) bond motifs is 8. The average Bonchev–Trinajstić information content (AvgIpc) is 3.71. The van der Waals surface area contributed by atoms with Crippen molar-refractivity contribution in [1.82, 2.24) is 4.98 Å². The van der Waals surface area contributed by atoms with Crippen molar-refractivity contribution in [1.29, 1.82) is 0 Å². The third-order valence-electron chi connectivity index (χ3n) is 14.9. The first-order chi connectivity index (χ1) is 31.5. The van der Waals surface area contributed by atoms with Crippen molar-refractivity contribution < 1.29 is 0 Å². The van der Waals surface area contributed by atoms with E-state index in [0.717, 1.165) is 39.7 Å². The SMILES string of the molecule is CC1(C)c2ccccc2-c2ccc(N(c3ccc4c(c3)C(C)(C)c3ccccc3-4)c3ccc4c(c3)C(C)(C)c3cc(-c5ccccc5)ccc3N4c3ccc(-c4ccccc4)nc3)cc21. The average molecular weight is 838 g/mol. The first kappa shape index (κ1) is 39.1. The lowest BCUT2D eigenvalue weighted by molar-refractivity contribution is 0.632. The van der Waals surface area contributed by atoms with Gasteiger partial charge in [-0.3, -0.25) is 4.98 Å². The molecule has 8 aromatic carbocycles. The van der Waals surface area contributed by atoms with E-state index in [1.165, 1.54) is 72.4 Å². The van der Waals surface area contributed by atoms with Crippen LogP contribution in [-0.4, -0.2) is 4.98 Å². The fourth-order valence-corrected chi connectivity index (χ4v) is 11.4. The molecule has 3 nitrogen and oxygen atoms in total. The van der Waals surface area contributed by atoms with Gasteiger partial charge in [-0.15, -0.1) is 0 Å². The maximum Gasteiger partial charge on any atom is 0.0703 e. The van der Waals surface area contributed by atoms with Gasteiger partial charge in [0.25, 0.3) is 0 Å². The summed E-state index contributed by atoms with van der Waals surface area (Å²) < 4.78 is 0. The second-order valence-corrected chi connectivity index (χ2v) is 19.7. The first-order valence-corrected chi connectivity index (χ1v) is 23.0. The molecule has 3 aliphatic rings. The topological polar surface area (TPSA) is 19.4 Å². The van der Waals surface area contributed by atoms with Crippen LogP contribution in [0, 0.1) is 0 Å². The van der Waals surface area contributed by atoms with Crippen molar-refractivity contribution in [3.8, 4) is 44.6 Å². The zero-order chi connectivity index (χ0) is 44.2. The van der Waals surface area contributed by atoms with Crippen LogP contribution in [0.25, 0.3) is 44.6 Å². The lowest BCUT2D eigenvalue weighted by atomic mass is 9.72. The molecule has 12 rings (SSSR count). The molecule has 0 bridgehead atoms. The van der Waals surface area contributed by atoms with Crippen molar-refractivity contribution in [3.63, 3.8) is 0 Å². The van der Waals surface area contributed by atoms with Crippen LogP contribution in [0.2, 0.25) is 0 Å². The van der Waals surface area contributed by atoms with Gasteiger partial charge in [-0.25, -0.2) is 0 Å². The predicted octanol–water partition coefficient (Wildman–Crippen LogP) is 16.6. The molecule has 0 N–H and O–H groups in total. The monoisotopic (exact) mass is 837 g/mol. The predicted molar refractivity (Wildman–Crippen MR) is 272 cm³/mol. The van der Waals surface area contributed by atoms with Gasteiger partial charge in [0.15, 0.2) is 0 Å². The number of hydrogen-bond donors (Lipinski definition) is 0.